The van der Waals surface area contributed by atoms with E-state index in [4.69, 9.17) is 0 Å². The van der Waals surface area contributed by atoms with Crippen molar-refractivity contribution in [3.8, 4) is 0 Å². The fourth-order valence-corrected chi connectivity index (χ4v) is 4.71. The van der Waals surface area contributed by atoms with E-state index in [9.17, 15) is 19.2 Å². The molecule has 0 radical (unpaired) electrons. The summed E-state index contributed by atoms with van der Waals surface area (Å²) in [5.41, 5.74) is 0.959. The predicted octanol–water partition coefficient (Wildman–Crippen LogP) is -0.551. The molecule has 1 aromatic heterocycles. The summed E-state index contributed by atoms with van der Waals surface area (Å²) in [5, 5.41) is 2.44. The first kappa shape index (κ1) is 18.7. The van der Waals surface area contributed by atoms with Crippen LogP contribution in [0.5, 0.6) is 0 Å². The Kier molecular flexibility index (Phi) is 4.70. The maximum absolute atomic E-state index is 12.9. The van der Waals surface area contributed by atoms with Crippen LogP contribution >= 0.6 is 0 Å². The zero-order valence-electron chi connectivity index (χ0n) is 16.1. The minimum Gasteiger partial charge on any atom is -0.340 e. The van der Waals surface area contributed by atoms with Crippen molar-refractivity contribution in [2.45, 2.75) is 18.4 Å². The van der Waals surface area contributed by atoms with Crippen LogP contribution in [0.4, 0.5) is 4.79 Å². The van der Waals surface area contributed by atoms with Gasteiger partial charge in [0, 0.05) is 37.3 Å². The van der Waals surface area contributed by atoms with Crippen LogP contribution in [0.1, 0.15) is 24.1 Å². The van der Waals surface area contributed by atoms with Gasteiger partial charge in [-0.1, -0.05) is 6.07 Å². The minimum absolute atomic E-state index is 0.00170. The number of hydrogen-bond acceptors (Lipinski definition) is 5. The normalized spacial score (nSPS) is 26.5. The van der Waals surface area contributed by atoms with Gasteiger partial charge in [-0.25, -0.2) is 4.79 Å². The van der Waals surface area contributed by atoms with Gasteiger partial charge in [-0.3, -0.25) is 19.3 Å². The summed E-state index contributed by atoms with van der Waals surface area (Å²) in [7, 11) is 3.95. The summed E-state index contributed by atoms with van der Waals surface area (Å²) in [6.45, 7) is 1.45. The highest BCUT2D eigenvalue weighted by Gasteiger charge is 2.42. The lowest BCUT2D eigenvalue weighted by molar-refractivity contribution is -0.138. The smallest absolute Gasteiger partial charge is 0.325 e. The maximum atomic E-state index is 12.9. The molecular formula is C19H25N5O4. The summed E-state index contributed by atoms with van der Waals surface area (Å²) in [6.07, 6.45) is 0.925. The molecule has 4 rings (SSSR count). The van der Waals surface area contributed by atoms with Gasteiger partial charge in [-0.2, -0.15) is 0 Å². The van der Waals surface area contributed by atoms with E-state index in [1.54, 1.807) is 17.0 Å². The fourth-order valence-electron chi connectivity index (χ4n) is 4.71. The Bertz CT molecular complexity index is 863. The van der Waals surface area contributed by atoms with E-state index in [1.807, 2.05) is 24.7 Å². The number of nitrogens with zero attached hydrogens (tertiary/aromatic N) is 4. The Hall–Kier alpha value is -2.68. The Labute approximate surface area is 162 Å². The van der Waals surface area contributed by atoms with Crippen molar-refractivity contribution in [1.82, 2.24) is 24.6 Å². The fraction of sp³-hybridized carbons (Fsp3) is 0.579. The van der Waals surface area contributed by atoms with Crippen LogP contribution in [0, 0.1) is 5.92 Å². The molecule has 9 nitrogen and oxygen atoms in total. The number of likely N-dealkylation sites (N-methyl/N-ethyl adjacent to an activating group) is 1. The van der Waals surface area contributed by atoms with Crippen LogP contribution in [0.15, 0.2) is 23.0 Å². The molecule has 0 spiro atoms. The SMILES string of the molecule is CN(C)C[C@H]1[C@H]2C[C@H](CN(C(=O)CN3C(=O)CNC3=O)C2)c2cccc(=O)n21. The van der Waals surface area contributed by atoms with Gasteiger partial charge >= 0.3 is 6.03 Å². The molecule has 4 heterocycles. The number of pyridine rings is 1. The number of carbonyl (C=O) groups is 3. The zero-order chi connectivity index (χ0) is 20.0. The van der Waals surface area contributed by atoms with Crippen molar-refractivity contribution in [3.63, 3.8) is 0 Å². The molecule has 0 unspecified atom stereocenters. The molecule has 9 heteroatoms. The number of urea groups is 1. The quantitative estimate of drug-likeness (QED) is 0.700. The number of nitrogens with one attached hydrogen (secondary N) is 1. The number of imide groups is 1. The summed E-state index contributed by atoms with van der Waals surface area (Å²) in [4.78, 5) is 53.8. The predicted molar refractivity (Wildman–Crippen MR) is 101 cm³/mol. The third-order valence-corrected chi connectivity index (χ3v) is 5.93. The summed E-state index contributed by atoms with van der Waals surface area (Å²) in [6, 6.07) is 4.81. The Balaban J connectivity index is 1.59. The van der Waals surface area contributed by atoms with Crippen LogP contribution in [0.2, 0.25) is 0 Å². The molecular weight excluding hydrogens is 362 g/mol. The van der Waals surface area contributed by atoms with Gasteiger partial charge in [-0.05, 0) is 32.5 Å². The molecule has 2 fully saturated rings. The van der Waals surface area contributed by atoms with Crippen molar-refractivity contribution in [3.05, 3.63) is 34.2 Å². The second-order valence-electron chi connectivity index (χ2n) is 8.12. The van der Waals surface area contributed by atoms with Crippen molar-refractivity contribution in [2.24, 2.45) is 5.92 Å². The Morgan fingerprint density at radius 1 is 1.21 bits per heavy atom. The topological polar surface area (TPSA) is 95.0 Å². The van der Waals surface area contributed by atoms with E-state index in [0.717, 1.165) is 17.0 Å². The van der Waals surface area contributed by atoms with Crippen LogP contribution in [-0.4, -0.2) is 83.9 Å². The number of piperidine rings is 1. The number of carbonyl (C=O) groups excluding carboxylic acids is 3. The van der Waals surface area contributed by atoms with E-state index in [0.29, 0.717) is 19.6 Å². The van der Waals surface area contributed by atoms with Crippen molar-refractivity contribution < 1.29 is 14.4 Å². The summed E-state index contributed by atoms with van der Waals surface area (Å²) >= 11 is 0. The van der Waals surface area contributed by atoms with Crippen LogP contribution in [-0.2, 0) is 9.59 Å². The standard InChI is InChI=1S/C19H25N5O4/c1-21(2)10-15-13-6-12(14-4-3-5-16(25)24(14)15)8-22(9-13)18(27)11-23-17(26)7-20-19(23)28/h3-5,12-13,15H,6-11H2,1-2H3,(H,20,28)/t12-,13+,15+/m1/s1. The molecule has 3 atom stereocenters. The molecule has 4 amide bonds. The molecule has 0 aromatic carbocycles. The number of likely N-dealkylation sites (tertiary alicyclic amines) is 1. The largest absolute Gasteiger partial charge is 0.340 e. The number of fused-ring (bicyclic) bond motifs is 4. The minimum atomic E-state index is -0.516. The highest BCUT2D eigenvalue weighted by molar-refractivity contribution is 6.04. The van der Waals surface area contributed by atoms with Gasteiger partial charge in [0.2, 0.25) is 5.91 Å². The Morgan fingerprint density at radius 2 is 2.00 bits per heavy atom. The number of amides is 4. The van der Waals surface area contributed by atoms with E-state index >= 15 is 0 Å². The molecule has 0 aliphatic carbocycles. The van der Waals surface area contributed by atoms with Crippen molar-refractivity contribution in [2.75, 3.05) is 46.8 Å². The van der Waals surface area contributed by atoms with Gasteiger partial charge in [0.1, 0.15) is 6.54 Å². The molecule has 150 valence electrons. The highest BCUT2D eigenvalue weighted by atomic mass is 16.2. The van der Waals surface area contributed by atoms with Crippen LogP contribution in [0.25, 0.3) is 0 Å². The third kappa shape index (κ3) is 3.19. The molecule has 2 saturated heterocycles. The average molecular weight is 387 g/mol. The van der Waals surface area contributed by atoms with Crippen LogP contribution < -0.4 is 10.9 Å². The average Bonchev–Trinajstić information content (AvgIpc) is 2.97. The van der Waals surface area contributed by atoms with E-state index in [-0.39, 0.29) is 48.3 Å². The first-order valence-electron chi connectivity index (χ1n) is 9.57. The van der Waals surface area contributed by atoms with Gasteiger partial charge in [0.05, 0.1) is 12.6 Å². The number of hydrogen-bond donors (Lipinski definition) is 1. The molecule has 2 bridgehead atoms. The second kappa shape index (κ2) is 7.05. The lowest BCUT2D eigenvalue weighted by Gasteiger charge is -2.47. The maximum Gasteiger partial charge on any atom is 0.325 e. The molecule has 0 saturated carbocycles. The monoisotopic (exact) mass is 387 g/mol. The first-order chi connectivity index (χ1) is 13.3. The molecule has 28 heavy (non-hydrogen) atoms. The van der Waals surface area contributed by atoms with E-state index < -0.39 is 6.03 Å². The van der Waals surface area contributed by atoms with Crippen LogP contribution in [0.3, 0.4) is 0 Å². The van der Waals surface area contributed by atoms with E-state index in [1.165, 1.54) is 0 Å². The van der Waals surface area contributed by atoms with Gasteiger partial charge < -0.3 is 19.7 Å². The number of rotatable bonds is 4. The van der Waals surface area contributed by atoms with Crippen molar-refractivity contribution in [1.29, 1.82) is 0 Å². The highest BCUT2D eigenvalue weighted by Crippen LogP contribution is 2.41. The number of aromatic nitrogens is 1. The summed E-state index contributed by atoms with van der Waals surface area (Å²) < 4.78 is 1.90. The molecule has 1 aromatic rings. The lowest BCUT2D eigenvalue weighted by atomic mass is 9.78. The second-order valence-corrected chi connectivity index (χ2v) is 8.12. The Morgan fingerprint density at radius 3 is 2.68 bits per heavy atom. The third-order valence-electron chi connectivity index (χ3n) is 5.93. The summed E-state index contributed by atoms with van der Waals surface area (Å²) in [5.74, 6) is -0.368. The molecule has 3 aliphatic heterocycles. The van der Waals surface area contributed by atoms with Gasteiger partial charge in [0.25, 0.3) is 11.5 Å². The molecule has 3 aliphatic rings. The zero-order valence-corrected chi connectivity index (χ0v) is 16.1. The lowest BCUT2D eigenvalue weighted by Crippen LogP contribution is -2.54. The van der Waals surface area contributed by atoms with Crippen molar-refractivity contribution >= 4 is 17.8 Å². The molecule has 1 N–H and O–H groups in total. The van der Waals surface area contributed by atoms with Gasteiger partial charge in [0.15, 0.2) is 0 Å². The van der Waals surface area contributed by atoms with E-state index in [2.05, 4.69) is 10.2 Å². The first-order valence-corrected chi connectivity index (χ1v) is 9.57. The van der Waals surface area contributed by atoms with Gasteiger partial charge in [-0.15, -0.1) is 0 Å².